The van der Waals surface area contributed by atoms with Gasteiger partial charge in [-0.2, -0.15) is 8.78 Å². The molecule has 1 heterocycles. The van der Waals surface area contributed by atoms with Crippen LogP contribution in [0.1, 0.15) is 29.7 Å². The fourth-order valence-corrected chi connectivity index (χ4v) is 2.21. The van der Waals surface area contributed by atoms with Gasteiger partial charge in [0.1, 0.15) is 5.75 Å². The normalized spacial score (nSPS) is 12.4. The van der Waals surface area contributed by atoms with Gasteiger partial charge >= 0.3 is 6.61 Å². The van der Waals surface area contributed by atoms with E-state index in [1.165, 1.54) is 0 Å². The van der Waals surface area contributed by atoms with Crippen LogP contribution in [0.25, 0.3) is 0 Å². The summed E-state index contributed by atoms with van der Waals surface area (Å²) in [5, 5.41) is 3.37. The van der Waals surface area contributed by atoms with Gasteiger partial charge in [0.2, 0.25) is 0 Å². The number of aromatic nitrogens is 1. The molecular formula is C16H18F2N2O. The van der Waals surface area contributed by atoms with E-state index in [4.69, 9.17) is 0 Å². The summed E-state index contributed by atoms with van der Waals surface area (Å²) in [4.78, 5) is 4.21. The molecule has 5 heteroatoms. The van der Waals surface area contributed by atoms with Gasteiger partial charge in [-0.3, -0.25) is 4.98 Å². The van der Waals surface area contributed by atoms with Crippen LogP contribution >= 0.6 is 0 Å². The summed E-state index contributed by atoms with van der Waals surface area (Å²) < 4.78 is 28.7. The first kappa shape index (κ1) is 15.4. The van der Waals surface area contributed by atoms with Gasteiger partial charge in [0, 0.05) is 12.4 Å². The molecule has 0 spiro atoms. The highest BCUT2D eigenvalue weighted by Gasteiger charge is 2.14. The van der Waals surface area contributed by atoms with Crippen LogP contribution in [-0.4, -0.2) is 18.1 Å². The molecule has 1 unspecified atom stereocenters. The van der Waals surface area contributed by atoms with Gasteiger partial charge in [-0.1, -0.05) is 25.1 Å². The van der Waals surface area contributed by atoms with Crippen molar-refractivity contribution in [1.82, 2.24) is 10.3 Å². The minimum absolute atomic E-state index is 0.0250. The van der Waals surface area contributed by atoms with Crippen molar-refractivity contribution in [3.05, 3.63) is 59.4 Å². The molecule has 1 aromatic carbocycles. The maximum absolute atomic E-state index is 12.2. The number of aryl methyl sites for hydroxylation is 1. The standard InChI is InChI=1S/C16H18F2N2O/c1-3-20-15(13-8-11(2)9-19-10-13)12-4-6-14(7-5-12)21-16(17)18/h4-10,15-16,20H,3H2,1-2H3. The first-order valence-corrected chi connectivity index (χ1v) is 6.80. The second-order valence-electron chi connectivity index (χ2n) is 4.73. The van der Waals surface area contributed by atoms with Crippen molar-refractivity contribution in [3.63, 3.8) is 0 Å². The number of benzene rings is 1. The molecular weight excluding hydrogens is 274 g/mol. The molecule has 21 heavy (non-hydrogen) atoms. The summed E-state index contributed by atoms with van der Waals surface area (Å²) in [6, 6.07) is 8.71. The minimum Gasteiger partial charge on any atom is -0.435 e. The quantitative estimate of drug-likeness (QED) is 0.881. The molecule has 112 valence electrons. The molecule has 1 N–H and O–H groups in total. The van der Waals surface area contributed by atoms with E-state index < -0.39 is 6.61 Å². The Morgan fingerprint density at radius 1 is 1.14 bits per heavy atom. The number of hydrogen-bond acceptors (Lipinski definition) is 3. The van der Waals surface area contributed by atoms with Gasteiger partial charge in [0.05, 0.1) is 6.04 Å². The maximum Gasteiger partial charge on any atom is 0.387 e. The molecule has 0 aliphatic carbocycles. The van der Waals surface area contributed by atoms with E-state index in [0.717, 1.165) is 23.2 Å². The Morgan fingerprint density at radius 3 is 2.43 bits per heavy atom. The Bertz CT molecular complexity index is 573. The third kappa shape index (κ3) is 4.23. The maximum atomic E-state index is 12.2. The number of rotatable bonds is 6. The molecule has 1 atom stereocenters. The molecule has 1 aromatic heterocycles. The van der Waals surface area contributed by atoms with Crippen LogP contribution in [-0.2, 0) is 0 Å². The van der Waals surface area contributed by atoms with Crippen molar-refractivity contribution in [1.29, 1.82) is 0 Å². The third-order valence-corrected chi connectivity index (χ3v) is 3.08. The Morgan fingerprint density at radius 2 is 1.86 bits per heavy atom. The lowest BCUT2D eigenvalue weighted by atomic mass is 9.99. The van der Waals surface area contributed by atoms with Crippen molar-refractivity contribution in [2.75, 3.05) is 6.54 Å². The summed E-state index contributed by atoms with van der Waals surface area (Å²) in [6.45, 7) is 1.98. The zero-order chi connectivity index (χ0) is 15.2. The van der Waals surface area contributed by atoms with Gasteiger partial charge in [-0.15, -0.1) is 0 Å². The fourth-order valence-electron chi connectivity index (χ4n) is 2.21. The largest absolute Gasteiger partial charge is 0.435 e. The fraction of sp³-hybridized carbons (Fsp3) is 0.312. The molecule has 2 rings (SSSR count). The van der Waals surface area contributed by atoms with Crippen molar-refractivity contribution < 1.29 is 13.5 Å². The number of halogens is 2. The molecule has 2 aromatic rings. The van der Waals surface area contributed by atoms with Gasteiger partial charge in [-0.25, -0.2) is 0 Å². The van der Waals surface area contributed by atoms with E-state index in [9.17, 15) is 8.78 Å². The lowest BCUT2D eigenvalue weighted by Crippen LogP contribution is -2.22. The van der Waals surface area contributed by atoms with E-state index in [0.29, 0.717) is 0 Å². The second-order valence-corrected chi connectivity index (χ2v) is 4.73. The predicted octanol–water partition coefficient (Wildman–Crippen LogP) is 3.69. The van der Waals surface area contributed by atoms with E-state index >= 15 is 0 Å². The van der Waals surface area contributed by atoms with E-state index in [1.807, 2.05) is 20.0 Å². The summed E-state index contributed by atoms with van der Waals surface area (Å²) in [6.07, 6.45) is 3.61. The Hall–Kier alpha value is -2.01. The molecule has 0 bridgehead atoms. The van der Waals surface area contributed by atoms with Crippen LogP contribution in [0.5, 0.6) is 5.75 Å². The highest BCUT2D eigenvalue weighted by molar-refractivity contribution is 5.35. The smallest absolute Gasteiger partial charge is 0.387 e. The second kappa shape index (κ2) is 7.13. The Balaban J connectivity index is 2.26. The third-order valence-electron chi connectivity index (χ3n) is 3.08. The van der Waals surface area contributed by atoms with E-state index in [2.05, 4.69) is 21.1 Å². The first-order chi connectivity index (χ1) is 10.1. The van der Waals surface area contributed by atoms with E-state index in [-0.39, 0.29) is 11.8 Å². The average molecular weight is 292 g/mol. The van der Waals surface area contributed by atoms with Crippen LogP contribution in [0.2, 0.25) is 0 Å². The van der Waals surface area contributed by atoms with Gasteiger partial charge < -0.3 is 10.1 Å². The summed E-state index contributed by atoms with van der Waals surface area (Å²) in [5.74, 6) is 0.159. The minimum atomic E-state index is -2.80. The molecule has 0 amide bonds. The Labute approximate surface area is 123 Å². The zero-order valence-electron chi connectivity index (χ0n) is 12.0. The molecule has 0 saturated heterocycles. The number of pyridine rings is 1. The lowest BCUT2D eigenvalue weighted by molar-refractivity contribution is -0.0498. The van der Waals surface area contributed by atoms with Crippen LogP contribution in [0.15, 0.2) is 42.7 Å². The van der Waals surface area contributed by atoms with Gasteiger partial charge in [0.25, 0.3) is 0 Å². The summed E-state index contributed by atoms with van der Waals surface area (Å²) in [5.41, 5.74) is 3.10. The topological polar surface area (TPSA) is 34.1 Å². The molecule has 0 fully saturated rings. The van der Waals surface area contributed by atoms with Crippen LogP contribution in [0.3, 0.4) is 0 Å². The molecule has 0 aliphatic rings. The molecule has 0 saturated carbocycles. The molecule has 0 aliphatic heterocycles. The highest BCUT2D eigenvalue weighted by atomic mass is 19.3. The van der Waals surface area contributed by atoms with Crippen molar-refractivity contribution in [3.8, 4) is 5.75 Å². The van der Waals surface area contributed by atoms with E-state index in [1.54, 1.807) is 30.5 Å². The number of ether oxygens (including phenoxy) is 1. The number of nitrogens with one attached hydrogen (secondary N) is 1. The van der Waals surface area contributed by atoms with Crippen LogP contribution < -0.4 is 10.1 Å². The molecule has 3 nitrogen and oxygen atoms in total. The van der Waals surface area contributed by atoms with Crippen molar-refractivity contribution in [2.45, 2.75) is 26.5 Å². The van der Waals surface area contributed by atoms with Crippen LogP contribution in [0.4, 0.5) is 8.78 Å². The molecule has 0 radical (unpaired) electrons. The highest BCUT2D eigenvalue weighted by Crippen LogP contribution is 2.24. The summed E-state index contributed by atoms with van der Waals surface area (Å²) >= 11 is 0. The number of hydrogen-bond donors (Lipinski definition) is 1. The predicted molar refractivity (Wildman–Crippen MR) is 77.6 cm³/mol. The van der Waals surface area contributed by atoms with Crippen molar-refractivity contribution >= 4 is 0 Å². The summed E-state index contributed by atoms with van der Waals surface area (Å²) in [7, 11) is 0. The number of nitrogens with zero attached hydrogens (tertiary/aromatic N) is 1. The Kier molecular flexibility index (Phi) is 5.22. The van der Waals surface area contributed by atoms with Gasteiger partial charge in [-0.05, 0) is 42.3 Å². The van der Waals surface area contributed by atoms with Crippen molar-refractivity contribution in [2.24, 2.45) is 0 Å². The lowest BCUT2D eigenvalue weighted by Gasteiger charge is -2.19. The zero-order valence-corrected chi connectivity index (χ0v) is 12.0. The average Bonchev–Trinajstić information content (AvgIpc) is 2.45. The SMILES string of the molecule is CCNC(c1ccc(OC(F)F)cc1)c1cncc(C)c1. The first-order valence-electron chi connectivity index (χ1n) is 6.80. The monoisotopic (exact) mass is 292 g/mol. The number of alkyl halides is 2. The van der Waals surface area contributed by atoms with Crippen LogP contribution in [0, 0.1) is 6.92 Å². The van der Waals surface area contributed by atoms with Gasteiger partial charge in [0.15, 0.2) is 0 Å².